The number of carboxylic acid groups (broad SMARTS) is 1. The number of benzene rings is 1. The second kappa shape index (κ2) is 3.85. The predicted octanol–water partition coefficient (Wildman–Crippen LogP) is 3.26. The maximum Gasteiger partial charge on any atom is 0.371 e. The third kappa shape index (κ3) is 1.84. The van der Waals surface area contributed by atoms with Gasteiger partial charge >= 0.3 is 5.97 Å². The maximum atomic E-state index is 10.7. The van der Waals surface area contributed by atoms with Crippen molar-refractivity contribution in [2.75, 3.05) is 0 Å². The molecule has 0 aliphatic heterocycles. The molecule has 0 saturated heterocycles. The van der Waals surface area contributed by atoms with E-state index in [4.69, 9.17) is 9.52 Å². The van der Waals surface area contributed by atoms with E-state index in [9.17, 15) is 4.79 Å². The monoisotopic (exact) mass is 216 g/mol. The molecular formula is C13H12O3. The molecule has 0 aliphatic rings. The number of hydrogen-bond donors (Lipinski definition) is 1. The van der Waals surface area contributed by atoms with Crippen molar-refractivity contribution in [1.29, 1.82) is 0 Å². The lowest BCUT2D eigenvalue weighted by Crippen LogP contribution is -1.91. The highest BCUT2D eigenvalue weighted by Gasteiger charge is 2.11. The van der Waals surface area contributed by atoms with Crippen LogP contribution in [-0.2, 0) is 0 Å². The second-order valence-corrected chi connectivity index (χ2v) is 3.79. The molecule has 2 rings (SSSR count). The van der Waals surface area contributed by atoms with Crippen molar-refractivity contribution in [3.63, 3.8) is 0 Å². The molecule has 82 valence electrons. The summed E-state index contributed by atoms with van der Waals surface area (Å²) in [7, 11) is 0. The molecule has 0 spiro atoms. The molecule has 1 aromatic carbocycles. The van der Waals surface area contributed by atoms with Gasteiger partial charge in [0.1, 0.15) is 5.76 Å². The summed E-state index contributed by atoms with van der Waals surface area (Å²) >= 11 is 0. The third-order valence-electron chi connectivity index (χ3n) is 2.48. The van der Waals surface area contributed by atoms with Crippen molar-refractivity contribution in [3.8, 4) is 11.3 Å². The SMILES string of the molecule is Cc1ccc(C)c(-c2ccc(C(=O)O)o2)c1. The molecule has 3 nitrogen and oxygen atoms in total. The minimum absolute atomic E-state index is 0.0316. The molecule has 0 atom stereocenters. The Morgan fingerprint density at radius 1 is 1.19 bits per heavy atom. The number of carbonyl (C=O) groups is 1. The number of hydrogen-bond acceptors (Lipinski definition) is 2. The first-order valence-electron chi connectivity index (χ1n) is 4.98. The normalized spacial score (nSPS) is 10.4. The van der Waals surface area contributed by atoms with Crippen molar-refractivity contribution in [2.24, 2.45) is 0 Å². The van der Waals surface area contributed by atoms with E-state index in [1.807, 2.05) is 32.0 Å². The van der Waals surface area contributed by atoms with Crippen molar-refractivity contribution in [3.05, 3.63) is 47.2 Å². The Morgan fingerprint density at radius 2 is 1.94 bits per heavy atom. The zero-order valence-corrected chi connectivity index (χ0v) is 9.15. The van der Waals surface area contributed by atoms with Crippen LogP contribution in [0.25, 0.3) is 11.3 Å². The van der Waals surface area contributed by atoms with Crippen LogP contribution >= 0.6 is 0 Å². The van der Waals surface area contributed by atoms with E-state index in [0.717, 1.165) is 16.7 Å². The molecule has 1 heterocycles. The van der Waals surface area contributed by atoms with Crippen molar-refractivity contribution in [2.45, 2.75) is 13.8 Å². The van der Waals surface area contributed by atoms with E-state index in [1.165, 1.54) is 6.07 Å². The predicted molar refractivity (Wildman–Crippen MR) is 60.6 cm³/mol. The lowest BCUT2D eigenvalue weighted by atomic mass is 10.0. The Labute approximate surface area is 93.3 Å². The van der Waals surface area contributed by atoms with E-state index in [-0.39, 0.29) is 5.76 Å². The molecular weight excluding hydrogens is 204 g/mol. The van der Waals surface area contributed by atoms with E-state index < -0.39 is 5.97 Å². The Kier molecular flexibility index (Phi) is 2.52. The molecule has 16 heavy (non-hydrogen) atoms. The van der Waals surface area contributed by atoms with Crippen LogP contribution in [-0.4, -0.2) is 11.1 Å². The highest BCUT2D eigenvalue weighted by atomic mass is 16.4. The van der Waals surface area contributed by atoms with Gasteiger partial charge in [-0.3, -0.25) is 0 Å². The van der Waals surface area contributed by atoms with E-state index in [1.54, 1.807) is 6.07 Å². The highest BCUT2D eigenvalue weighted by Crippen LogP contribution is 2.26. The summed E-state index contributed by atoms with van der Waals surface area (Å²) in [5.74, 6) is -0.480. The van der Waals surface area contributed by atoms with Crippen LogP contribution in [0.1, 0.15) is 21.7 Å². The van der Waals surface area contributed by atoms with E-state index in [2.05, 4.69) is 0 Å². The van der Waals surface area contributed by atoms with Gasteiger partial charge in [0.25, 0.3) is 0 Å². The van der Waals surface area contributed by atoms with Gasteiger partial charge in [-0.05, 0) is 37.6 Å². The summed E-state index contributed by atoms with van der Waals surface area (Å²) in [6.45, 7) is 3.96. The molecule has 3 heteroatoms. The fraction of sp³-hybridized carbons (Fsp3) is 0.154. The van der Waals surface area contributed by atoms with Crippen LogP contribution in [0.3, 0.4) is 0 Å². The minimum atomic E-state index is -1.04. The van der Waals surface area contributed by atoms with Gasteiger partial charge in [-0.1, -0.05) is 17.7 Å². The number of carboxylic acids is 1. The molecule has 0 aliphatic carbocycles. The van der Waals surface area contributed by atoms with Gasteiger partial charge in [-0.2, -0.15) is 0 Å². The first-order chi connectivity index (χ1) is 7.58. The Balaban J connectivity index is 2.50. The fourth-order valence-electron chi connectivity index (χ4n) is 1.60. The quantitative estimate of drug-likeness (QED) is 0.838. The molecule has 2 aromatic rings. The van der Waals surface area contributed by atoms with Gasteiger partial charge in [0.05, 0.1) is 0 Å². The van der Waals surface area contributed by atoms with E-state index >= 15 is 0 Å². The largest absolute Gasteiger partial charge is 0.475 e. The van der Waals surface area contributed by atoms with Gasteiger partial charge in [-0.15, -0.1) is 0 Å². The average Bonchev–Trinajstić information content (AvgIpc) is 2.70. The third-order valence-corrected chi connectivity index (χ3v) is 2.48. The molecule has 1 aromatic heterocycles. The van der Waals surface area contributed by atoms with Gasteiger partial charge in [0.2, 0.25) is 5.76 Å². The standard InChI is InChI=1S/C13H12O3/c1-8-3-4-9(2)10(7-8)11-5-6-12(16-11)13(14)15/h3-7H,1-2H3,(H,14,15). The topological polar surface area (TPSA) is 50.4 Å². The number of aromatic carboxylic acids is 1. The zero-order valence-electron chi connectivity index (χ0n) is 9.15. The van der Waals surface area contributed by atoms with Crippen LogP contribution in [0.4, 0.5) is 0 Å². The lowest BCUT2D eigenvalue weighted by molar-refractivity contribution is 0.0663. The molecule has 0 unspecified atom stereocenters. The molecule has 1 N–H and O–H groups in total. The number of aryl methyl sites for hydroxylation is 2. The molecule has 0 saturated carbocycles. The fourth-order valence-corrected chi connectivity index (χ4v) is 1.60. The lowest BCUT2D eigenvalue weighted by Gasteiger charge is -2.03. The van der Waals surface area contributed by atoms with Crippen LogP contribution < -0.4 is 0 Å². The second-order valence-electron chi connectivity index (χ2n) is 3.79. The molecule has 0 radical (unpaired) electrons. The summed E-state index contributed by atoms with van der Waals surface area (Å²) in [4.78, 5) is 10.7. The van der Waals surface area contributed by atoms with Crippen LogP contribution in [0.2, 0.25) is 0 Å². The van der Waals surface area contributed by atoms with Gasteiger partial charge < -0.3 is 9.52 Å². The summed E-state index contributed by atoms with van der Waals surface area (Å²) in [5, 5.41) is 8.78. The number of furan rings is 1. The van der Waals surface area contributed by atoms with Crippen LogP contribution in [0, 0.1) is 13.8 Å². The summed E-state index contributed by atoms with van der Waals surface area (Å²) in [6.07, 6.45) is 0. The first kappa shape index (κ1) is 10.5. The maximum absolute atomic E-state index is 10.7. The summed E-state index contributed by atoms with van der Waals surface area (Å²) in [6, 6.07) is 9.15. The molecule has 0 fully saturated rings. The van der Waals surface area contributed by atoms with Crippen LogP contribution in [0.15, 0.2) is 34.7 Å². The summed E-state index contributed by atoms with van der Waals surface area (Å²) < 4.78 is 5.27. The zero-order chi connectivity index (χ0) is 11.7. The van der Waals surface area contributed by atoms with Gasteiger partial charge in [0.15, 0.2) is 0 Å². The minimum Gasteiger partial charge on any atom is -0.475 e. The van der Waals surface area contributed by atoms with Crippen LogP contribution in [0.5, 0.6) is 0 Å². The molecule has 0 amide bonds. The Morgan fingerprint density at radius 3 is 2.56 bits per heavy atom. The van der Waals surface area contributed by atoms with Crippen molar-refractivity contribution < 1.29 is 14.3 Å². The van der Waals surface area contributed by atoms with E-state index in [0.29, 0.717) is 5.76 Å². The van der Waals surface area contributed by atoms with Crippen molar-refractivity contribution >= 4 is 5.97 Å². The van der Waals surface area contributed by atoms with Gasteiger partial charge in [0, 0.05) is 5.56 Å². The van der Waals surface area contributed by atoms with Crippen molar-refractivity contribution in [1.82, 2.24) is 0 Å². The smallest absolute Gasteiger partial charge is 0.371 e. The molecule has 0 bridgehead atoms. The summed E-state index contributed by atoms with van der Waals surface area (Å²) in [5.41, 5.74) is 3.12. The first-order valence-corrected chi connectivity index (χ1v) is 4.98. The van der Waals surface area contributed by atoms with Gasteiger partial charge in [-0.25, -0.2) is 4.79 Å². The Bertz CT molecular complexity index is 538. The average molecular weight is 216 g/mol. The Hall–Kier alpha value is -2.03. The number of rotatable bonds is 2. The highest BCUT2D eigenvalue weighted by molar-refractivity contribution is 5.85.